The molecule has 1 N–H and O–H groups in total. The molecule has 1 saturated heterocycles. The molecule has 33 heavy (non-hydrogen) atoms. The molecule has 0 saturated carbocycles. The van der Waals surface area contributed by atoms with Gasteiger partial charge < -0.3 is 24.2 Å². The lowest BCUT2D eigenvalue weighted by Gasteiger charge is -2.34. The molecule has 1 aromatic carbocycles. The predicted octanol–water partition coefficient (Wildman–Crippen LogP) is 3.10. The molecule has 1 aliphatic rings. The van der Waals surface area contributed by atoms with Crippen LogP contribution in [0, 0.1) is 11.3 Å². The van der Waals surface area contributed by atoms with Crippen molar-refractivity contribution in [3.63, 3.8) is 0 Å². The van der Waals surface area contributed by atoms with E-state index in [9.17, 15) is 5.11 Å². The number of ether oxygens (including phenoxy) is 3. The number of anilines is 1. The zero-order chi connectivity index (χ0) is 23.2. The van der Waals surface area contributed by atoms with Crippen LogP contribution >= 0.6 is 0 Å². The first kappa shape index (κ1) is 22.7. The summed E-state index contributed by atoms with van der Waals surface area (Å²) in [7, 11) is 1.58. The number of morpholine rings is 1. The van der Waals surface area contributed by atoms with Crippen LogP contribution < -0.4 is 14.4 Å². The Kier molecular flexibility index (Phi) is 7.17. The normalized spacial score (nSPS) is 15.9. The maximum atomic E-state index is 9.68. The van der Waals surface area contributed by atoms with E-state index in [0.29, 0.717) is 56.2 Å². The summed E-state index contributed by atoms with van der Waals surface area (Å²) in [4.78, 5) is 16.2. The van der Waals surface area contributed by atoms with Crippen molar-refractivity contribution in [3.05, 3.63) is 35.9 Å². The monoisotopic (exact) mass is 449 g/mol. The third-order valence-electron chi connectivity index (χ3n) is 5.57. The molecule has 0 spiro atoms. The van der Waals surface area contributed by atoms with Crippen LogP contribution in [0.3, 0.4) is 0 Å². The minimum atomic E-state index is -0.132. The van der Waals surface area contributed by atoms with E-state index in [0.717, 1.165) is 22.5 Å². The van der Waals surface area contributed by atoms with Crippen molar-refractivity contribution in [1.29, 1.82) is 5.26 Å². The van der Waals surface area contributed by atoms with Crippen molar-refractivity contribution >= 4 is 16.9 Å². The summed E-state index contributed by atoms with van der Waals surface area (Å²) in [6, 6.07) is 12.0. The van der Waals surface area contributed by atoms with E-state index in [-0.39, 0.29) is 18.7 Å². The van der Waals surface area contributed by atoms with E-state index in [1.165, 1.54) is 0 Å². The summed E-state index contributed by atoms with van der Waals surface area (Å²) < 4.78 is 16.7. The number of fused-ring (bicyclic) bond motifs is 1. The number of aromatic nitrogens is 3. The second kappa shape index (κ2) is 10.4. The van der Waals surface area contributed by atoms with Crippen LogP contribution in [-0.2, 0) is 11.3 Å². The van der Waals surface area contributed by atoms with Crippen LogP contribution in [0.15, 0.2) is 30.3 Å². The predicted molar refractivity (Wildman–Crippen MR) is 123 cm³/mol. The molecule has 0 bridgehead atoms. The van der Waals surface area contributed by atoms with Crippen molar-refractivity contribution < 1.29 is 19.3 Å². The molecule has 0 radical (unpaired) electrons. The van der Waals surface area contributed by atoms with Gasteiger partial charge in [0.1, 0.15) is 11.6 Å². The van der Waals surface area contributed by atoms with Crippen LogP contribution in [0.4, 0.5) is 5.82 Å². The first-order valence-electron chi connectivity index (χ1n) is 11.0. The fraction of sp³-hybridized carbons (Fsp3) is 0.417. The van der Waals surface area contributed by atoms with E-state index in [1.54, 1.807) is 7.11 Å². The van der Waals surface area contributed by atoms with Gasteiger partial charge in [0, 0.05) is 24.1 Å². The number of unbranched alkanes of at least 4 members (excludes halogenated alkanes) is 1. The topological polar surface area (TPSA) is 114 Å². The number of hydrogen-bond acceptors (Lipinski definition) is 9. The van der Waals surface area contributed by atoms with Crippen LogP contribution in [0.1, 0.15) is 25.3 Å². The first-order chi connectivity index (χ1) is 16.1. The van der Waals surface area contributed by atoms with Gasteiger partial charge in [-0.1, -0.05) is 0 Å². The molecule has 172 valence electrons. The number of pyridine rings is 1. The van der Waals surface area contributed by atoms with Gasteiger partial charge in [-0.25, -0.2) is 4.98 Å². The van der Waals surface area contributed by atoms with Gasteiger partial charge in [0.05, 0.1) is 56.7 Å². The summed E-state index contributed by atoms with van der Waals surface area (Å²) in [5.74, 6) is 1.39. The van der Waals surface area contributed by atoms with E-state index in [4.69, 9.17) is 24.5 Å². The molecule has 1 atom stereocenters. The third kappa shape index (κ3) is 4.97. The minimum Gasteiger partial charge on any atom is -0.496 e. The van der Waals surface area contributed by atoms with Crippen LogP contribution in [-0.4, -0.2) is 59.6 Å². The number of nitriles is 1. The highest BCUT2D eigenvalue weighted by molar-refractivity contribution is 5.89. The summed E-state index contributed by atoms with van der Waals surface area (Å²) in [6.45, 7) is 4.26. The van der Waals surface area contributed by atoms with Crippen LogP contribution in [0.2, 0.25) is 0 Å². The highest BCUT2D eigenvalue weighted by Gasteiger charge is 2.24. The molecule has 0 aliphatic carbocycles. The van der Waals surface area contributed by atoms with Gasteiger partial charge in [0.15, 0.2) is 5.65 Å². The Labute approximate surface area is 192 Å². The van der Waals surface area contributed by atoms with Crippen LogP contribution in [0.5, 0.6) is 11.8 Å². The molecule has 9 nitrogen and oxygen atoms in total. The van der Waals surface area contributed by atoms with Crippen LogP contribution in [0.25, 0.3) is 22.3 Å². The van der Waals surface area contributed by atoms with Gasteiger partial charge in [-0.2, -0.15) is 15.2 Å². The molecule has 9 heteroatoms. The largest absolute Gasteiger partial charge is 0.496 e. The molecule has 2 aromatic heterocycles. The Hall–Kier alpha value is -3.48. The fourth-order valence-corrected chi connectivity index (χ4v) is 3.84. The van der Waals surface area contributed by atoms with E-state index >= 15 is 0 Å². The Bertz CT molecular complexity index is 1160. The molecule has 0 amide bonds. The maximum absolute atomic E-state index is 9.68. The zero-order valence-corrected chi connectivity index (χ0v) is 18.8. The number of aliphatic hydroxyl groups excluding tert-OH is 1. The number of nitrogens with zero attached hydrogens (tertiary/aromatic N) is 5. The highest BCUT2D eigenvalue weighted by Crippen LogP contribution is 2.31. The quantitative estimate of drug-likeness (QED) is 0.518. The van der Waals surface area contributed by atoms with Gasteiger partial charge in [0.2, 0.25) is 0 Å². The Morgan fingerprint density at radius 2 is 2.12 bits per heavy atom. The average Bonchev–Trinajstić information content (AvgIpc) is 2.85. The molecule has 1 aliphatic heterocycles. The van der Waals surface area contributed by atoms with Gasteiger partial charge in [-0.3, -0.25) is 0 Å². The zero-order valence-electron chi connectivity index (χ0n) is 18.8. The van der Waals surface area contributed by atoms with Crippen molar-refractivity contribution in [2.75, 3.05) is 38.4 Å². The number of hydrogen-bond donors (Lipinski definition) is 1. The minimum absolute atomic E-state index is 0.132. The van der Waals surface area contributed by atoms with E-state index in [1.807, 2.05) is 30.3 Å². The Morgan fingerprint density at radius 1 is 1.24 bits per heavy atom. The third-order valence-corrected chi connectivity index (χ3v) is 5.57. The van der Waals surface area contributed by atoms with Crippen molar-refractivity contribution in [3.8, 4) is 29.1 Å². The summed E-state index contributed by atoms with van der Waals surface area (Å²) in [5.41, 5.74) is 2.77. The van der Waals surface area contributed by atoms with Gasteiger partial charge in [0.25, 0.3) is 0 Å². The lowest BCUT2D eigenvalue weighted by atomic mass is 10.1. The second-order valence-electron chi connectivity index (χ2n) is 7.81. The Balaban J connectivity index is 1.76. The smallest absolute Gasteiger partial charge is 0.320 e. The molecule has 3 heterocycles. The summed E-state index contributed by atoms with van der Waals surface area (Å²) in [6.07, 6.45) is 1.01. The molecular weight excluding hydrogens is 422 g/mol. The molecule has 3 aromatic rings. The number of rotatable bonds is 8. The van der Waals surface area contributed by atoms with E-state index < -0.39 is 0 Å². The van der Waals surface area contributed by atoms with Crippen molar-refractivity contribution in [2.24, 2.45) is 0 Å². The summed E-state index contributed by atoms with van der Waals surface area (Å²) >= 11 is 0. The van der Waals surface area contributed by atoms with Gasteiger partial charge >= 0.3 is 6.01 Å². The first-order valence-corrected chi connectivity index (χ1v) is 11.0. The number of benzene rings is 1. The number of aliphatic hydroxyl groups is 1. The lowest BCUT2D eigenvalue weighted by molar-refractivity contribution is 0.0986. The lowest BCUT2D eigenvalue weighted by Crippen LogP contribution is -2.44. The van der Waals surface area contributed by atoms with Gasteiger partial charge in [-0.05, 0) is 43.7 Å². The fourth-order valence-electron chi connectivity index (χ4n) is 3.84. The maximum Gasteiger partial charge on any atom is 0.320 e. The Morgan fingerprint density at radius 3 is 2.88 bits per heavy atom. The molecule has 0 unspecified atom stereocenters. The van der Waals surface area contributed by atoms with Gasteiger partial charge in [-0.15, -0.1) is 0 Å². The molecule has 1 fully saturated rings. The second-order valence-corrected chi connectivity index (χ2v) is 7.81. The number of methoxy groups -OCH3 is 1. The van der Waals surface area contributed by atoms with Crippen molar-refractivity contribution in [1.82, 2.24) is 15.0 Å². The average molecular weight is 450 g/mol. The summed E-state index contributed by atoms with van der Waals surface area (Å²) in [5, 5.41) is 19.3. The standard InChI is InChI=1S/C24H27N5O4/c1-16-15-32-12-10-29(16)23-19-6-7-20(17-5-8-21(31-2)18(13-17)14-30)26-22(19)27-24(28-23)33-11-4-3-9-25/h5-8,13,16,30H,3-4,10-12,14-15H2,1-2H3/t16-/m0/s1. The molecule has 4 rings (SSSR count). The van der Waals surface area contributed by atoms with E-state index in [2.05, 4.69) is 27.9 Å². The SMILES string of the molecule is COc1ccc(-c2ccc3c(N4CCOC[C@@H]4C)nc(OCCCC#N)nc3n2)cc1CO. The highest BCUT2D eigenvalue weighted by atomic mass is 16.5. The van der Waals surface area contributed by atoms with Crippen molar-refractivity contribution in [2.45, 2.75) is 32.4 Å². The molecular formula is C24H27N5O4.